The van der Waals surface area contributed by atoms with E-state index in [9.17, 15) is 8.42 Å². The minimum Gasteiger partial charge on any atom is -0.314 e. The average Bonchev–Trinajstić information content (AvgIpc) is 2.72. The maximum absolute atomic E-state index is 12.4. The molecule has 0 spiro atoms. The lowest BCUT2D eigenvalue weighted by molar-refractivity contribution is 0.598. The fraction of sp³-hybridized carbons (Fsp3) is 0.273. The predicted molar refractivity (Wildman–Crippen MR) is 71.1 cm³/mol. The molecule has 19 heavy (non-hydrogen) atoms. The molecule has 2 aromatic rings. The molecule has 0 fully saturated rings. The second kappa shape index (κ2) is 5.37. The number of aromatic amines is 1. The number of hydrogen-bond donors (Lipinski definition) is 3. The largest absolute Gasteiger partial charge is 0.314 e. The number of nitrogens with zero attached hydrogens (tertiary/aromatic N) is 2. The number of aryl methyl sites for hydroxylation is 1. The van der Waals surface area contributed by atoms with Gasteiger partial charge in [0.2, 0.25) is 0 Å². The predicted octanol–water partition coefficient (Wildman–Crippen LogP) is 0.633. The van der Waals surface area contributed by atoms with Crippen molar-refractivity contribution in [2.24, 2.45) is 0 Å². The molecule has 0 aromatic carbocycles. The van der Waals surface area contributed by atoms with Crippen molar-refractivity contribution >= 4 is 15.7 Å². The molecular formula is C11H15N5O2S. The zero-order valence-electron chi connectivity index (χ0n) is 10.6. The Morgan fingerprint density at radius 1 is 1.32 bits per heavy atom. The first-order valence-corrected chi connectivity index (χ1v) is 7.14. The summed E-state index contributed by atoms with van der Waals surface area (Å²) in [7, 11) is -1.93. The van der Waals surface area contributed by atoms with Crippen molar-refractivity contribution in [3.8, 4) is 0 Å². The molecule has 0 unspecified atom stereocenters. The van der Waals surface area contributed by atoms with Gasteiger partial charge in [-0.15, -0.1) is 0 Å². The van der Waals surface area contributed by atoms with Crippen molar-refractivity contribution in [1.82, 2.24) is 20.5 Å². The van der Waals surface area contributed by atoms with Crippen LogP contribution in [0.4, 0.5) is 5.69 Å². The fourth-order valence-corrected chi connectivity index (χ4v) is 3.16. The summed E-state index contributed by atoms with van der Waals surface area (Å²) in [6, 6.07) is 3.18. The van der Waals surface area contributed by atoms with Crippen molar-refractivity contribution in [3.63, 3.8) is 0 Å². The van der Waals surface area contributed by atoms with Crippen LogP contribution in [-0.2, 0) is 16.6 Å². The highest BCUT2D eigenvalue weighted by molar-refractivity contribution is 7.92. The summed E-state index contributed by atoms with van der Waals surface area (Å²) < 4.78 is 27.2. The van der Waals surface area contributed by atoms with E-state index in [0.29, 0.717) is 23.6 Å². The maximum Gasteiger partial charge on any atom is 0.265 e. The van der Waals surface area contributed by atoms with Crippen LogP contribution in [0.2, 0.25) is 0 Å². The topological polar surface area (TPSA) is 99.8 Å². The Morgan fingerprint density at radius 3 is 2.63 bits per heavy atom. The first-order chi connectivity index (χ1) is 9.04. The van der Waals surface area contributed by atoms with Crippen LogP contribution in [-0.4, -0.2) is 30.6 Å². The van der Waals surface area contributed by atoms with E-state index < -0.39 is 10.0 Å². The zero-order valence-corrected chi connectivity index (χ0v) is 11.5. The van der Waals surface area contributed by atoms with E-state index in [0.717, 1.165) is 0 Å². The van der Waals surface area contributed by atoms with Crippen LogP contribution in [0, 0.1) is 6.92 Å². The van der Waals surface area contributed by atoms with E-state index in [1.54, 1.807) is 26.1 Å². The van der Waals surface area contributed by atoms with Gasteiger partial charge in [-0.05, 0) is 26.1 Å². The molecule has 3 N–H and O–H groups in total. The van der Waals surface area contributed by atoms with Crippen LogP contribution in [0.1, 0.15) is 11.4 Å². The number of pyridine rings is 1. The van der Waals surface area contributed by atoms with Crippen molar-refractivity contribution in [3.05, 3.63) is 35.9 Å². The Kier molecular flexibility index (Phi) is 3.82. The van der Waals surface area contributed by atoms with Crippen LogP contribution in [0.25, 0.3) is 0 Å². The summed E-state index contributed by atoms with van der Waals surface area (Å²) in [5.74, 6) is 0. The minimum absolute atomic E-state index is 0.179. The molecular weight excluding hydrogens is 266 g/mol. The van der Waals surface area contributed by atoms with E-state index in [2.05, 4.69) is 25.2 Å². The molecule has 2 rings (SSSR count). The monoisotopic (exact) mass is 281 g/mol. The molecule has 0 atom stereocenters. The first kappa shape index (κ1) is 13.5. The van der Waals surface area contributed by atoms with Crippen LogP contribution < -0.4 is 10.0 Å². The smallest absolute Gasteiger partial charge is 0.265 e. The molecule has 8 heteroatoms. The average molecular weight is 281 g/mol. The summed E-state index contributed by atoms with van der Waals surface area (Å²) in [6.07, 6.45) is 3.04. The summed E-state index contributed by atoms with van der Waals surface area (Å²) in [4.78, 5) is 4.02. The first-order valence-electron chi connectivity index (χ1n) is 5.66. The van der Waals surface area contributed by atoms with Gasteiger partial charge < -0.3 is 5.32 Å². The van der Waals surface area contributed by atoms with Gasteiger partial charge in [0.1, 0.15) is 4.90 Å². The SMILES string of the molecule is CNCc1n[nH]c(C)c1S(=O)(=O)Nc1ccncc1. The molecule has 0 bridgehead atoms. The molecule has 0 radical (unpaired) electrons. The van der Waals surface area contributed by atoms with Crippen molar-refractivity contribution in [2.75, 3.05) is 11.8 Å². The van der Waals surface area contributed by atoms with Crippen LogP contribution in [0.5, 0.6) is 0 Å². The van der Waals surface area contributed by atoms with E-state index in [-0.39, 0.29) is 4.90 Å². The number of H-pyrrole nitrogens is 1. The van der Waals surface area contributed by atoms with E-state index in [1.807, 2.05) is 0 Å². The van der Waals surface area contributed by atoms with Crippen LogP contribution >= 0.6 is 0 Å². The lowest BCUT2D eigenvalue weighted by Crippen LogP contribution is -2.17. The molecule has 102 valence electrons. The highest BCUT2D eigenvalue weighted by Gasteiger charge is 2.23. The lowest BCUT2D eigenvalue weighted by Gasteiger charge is -2.08. The second-order valence-electron chi connectivity index (χ2n) is 4.00. The molecule has 7 nitrogen and oxygen atoms in total. The normalized spacial score (nSPS) is 11.5. The van der Waals surface area contributed by atoms with Gasteiger partial charge in [-0.2, -0.15) is 5.10 Å². The van der Waals surface area contributed by atoms with Crippen LogP contribution in [0.3, 0.4) is 0 Å². The molecule has 0 amide bonds. The molecule has 0 saturated heterocycles. The third-order valence-corrected chi connectivity index (χ3v) is 4.09. The number of rotatable bonds is 5. The van der Waals surface area contributed by atoms with Gasteiger partial charge in [0.05, 0.1) is 17.1 Å². The Labute approximate surface area is 111 Å². The van der Waals surface area contributed by atoms with Crippen LogP contribution in [0.15, 0.2) is 29.4 Å². The van der Waals surface area contributed by atoms with Gasteiger partial charge in [0.25, 0.3) is 10.0 Å². The Morgan fingerprint density at radius 2 is 2.00 bits per heavy atom. The van der Waals surface area contributed by atoms with Gasteiger partial charge >= 0.3 is 0 Å². The molecule has 2 aromatic heterocycles. The standard InChI is InChI=1S/C11H15N5O2S/c1-8-11(10(7-12-2)15-14-8)19(17,18)16-9-3-5-13-6-4-9/h3-6,12H,7H2,1-2H3,(H,13,16)(H,14,15). The van der Waals surface area contributed by atoms with Gasteiger partial charge in [0, 0.05) is 18.9 Å². The molecule has 0 aliphatic heterocycles. The summed E-state index contributed by atoms with van der Waals surface area (Å²) >= 11 is 0. The Bertz CT molecular complexity index is 651. The molecule has 0 saturated carbocycles. The Balaban J connectivity index is 2.37. The summed E-state index contributed by atoms with van der Waals surface area (Å²) in [5, 5.41) is 9.58. The highest BCUT2D eigenvalue weighted by Crippen LogP contribution is 2.20. The highest BCUT2D eigenvalue weighted by atomic mass is 32.2. The van der Waals surface area contributed by atoms with Crippen molar-refractivity contribution in [1.29, 1.82) is 0 Å². The van der Waals surface area contributed by atoms with Gasteiger partial charge in [-0.1, -0.05) is 0 Å². The number of nitrogens with one attached hydrogen (secondary N) is 3. The second-order valence-corrected chi connectivity index (χ2v) is 5.62. The number of hydrogen-bond acceptors (Lipinski definition) is 5. The zero-order chi connectivity index (χ0) is 13.9. The Hall–Kier alpha value is -1.93. The van der Waals surface area contributed by atoms with Gasteiger partial charge in [-0.25, -0.2) is 8.42 Å². The van der Waals surface area contributed by atoms with E-state index in [1.165, 1.54) is 12.4 Å². The van der Waals surface area contributed by atoms with E-state index >= 15 is 0 Å². The number of sulfonamides is 1. The van der Waals surface area contributed by atoms with Crippen molar-refractivity contribution in [2.45, 2.75) is 18.4 Å². The molecule has 0 aliphatic carbocycles. The third kappa shape index (κ3) is 2.91. The fourth-order valence-electron chi connectivity index (χ4n) is 1.74. The maximum atomic E-state index is 12.4. The summed E-state index contributed by atoms with van der Waals surface area (Å²) in [5.41, 5.74) is 1.43. The number of aromatic nitrogens is 3. The van der Waals surface area contributed by atoms with Gasteiger partial charge in [-0.3, -0.25) is 14.8 Å². The number of anilines is 1. The van der Waals surface area contributed by atoms with Crippen molar-refractivity contribution < 1.29 is 8.42 Å². The quantitative estimate of drug-likeness (QED) is 0.746. The van der Waals surface area contributed by atoms with E-state index in [4.69, 9.17) is 0 Å². The third-order valence-electron chi connectivity index (χ3n) is 2.51. The van der Waals surface area contributed by atoms with Gasteiger partial charge in [0.15, 0.2) is 0 Å². The lowest BCUT2D eigenvalue weighted by atomic mass is 10.4. The summed E-state index contributed by atoms with van der Waals surface area (Å²) in [6.45, 7) is 2.05. The molecule has 0 aliphatic rings. The molecule has 2 heterocycles. The minimum atomic E-state index is -3.67.